The van der Waals surface area contributed by atoms with Crippen LogP contribution in [0.5, 0.6) is 0 Å². The van der Waals surface area contributed by atoms with E-state index in [1.807, 2.05) is 13.8 Å². The number of hydrogen-bond acceptors (Lipinski definition) is 4. The Balaban J connectivity index is 4.14. The number of rotatable bonds is 11. The van der Waals surface area contributed by atoms with Gasteiger partial charge in [-0.3, -0.25) is 5.40 Å². The van der Waals surface area contributed by atoms with Crippen molar-refractivity contribution < 1.29 is 13.3 Å². The monoisotopic (exact) mass is 263 g/mol. The van der Waals surface area contributed by atoms with Gasteiger partial charge in [0.15, 0.2) is 0 Å². The smallest absolute Gasteiger partial charge is 0.362 e. The lowest BCUT2D eigenvalue weighted by molar-refractivity contribution is 0.0529. The van der Waals surface area contributed by atoms with Gasteiger partial charge in [-0.05, 0) is 32.6 Å². The summed E-state index contributed by atoms with van der Waals surface area (Å²) in [5.41, 5.74) is 0. The predicted molar refractivity (Wildman–Crippen MR) is 72.5 cm³/mol. The van der Waals surface area contributed by atoms with E-state index in [1.54, 1.807) is 0 Å². The van der Waals surface area contributed by atoms with Crippen molar-refractivity contribution in [2.45, 2.75) is 53.4 Å². The molecule has 0 atom stereocenters. The van der Waals surface area contributed by atoms with Crippen molar-refractivity contribution in [1.82, 2.24) is 0 Å². The molecule has 0 saturated carbocycles. The molecular formula is C12H29NO3Si. The molecule has 0 rings (SSSR count). The summed E-state index contributed by atoms with van der Waals surface area (Å²) < 4.78 is 16.6. The summed E-state index contributed by atoms with van der Waals surface area (Å²) in [5, 5.41) is 6.03. The van der Waals surface area contributed by atoms with Crippen LogP contribution in [-0.2, 0) is 13.3 Å². The molecule has 0 aliphatic heterocycles. The van der Waals surface area contributed by atoms with Crippen LogP contribution in [0.2, 0.25) is 0 Å². The Hall–Kier alpha value is 0.0569. The minimum absolute atomic E-state index is 0.537. The molecule has 0 aromatic rings. The molecule has 0 aliphatic rings. The molecule has 17 heavy (non-hydrogen) atoms. The van der Waals surface area contributed by atoms with Gasteiger partial charge in [0, 0.05) is 19.8 Å². The number of nitrogens with two attached hydrogens (primary N) is 1. The Morgan fingerprint density at radius 1 is 0.882 bits per heavy atom. The van der Waals surface area contributed by atoms with Crippen LogP contribution >= 0.6 is 0 Å². The molecule has 0 aliphatic carbocycles. The van der Waals surface area contributed by atoms with E-state index >= 15 is 0 Å². The molecule has 0 unspecified atom stereocenters. The van der Waals surface area contributed by atoms with E-state index in [2.05, 4.69) is 13.8 Å². The van der Waals surface area contributed by atoms with Crippen molar-refractivity contribution in [2.75, 3.05) is 19.8 Å². The van der Waals surface area contributed by atoms with Gasteiger partial charge in [0.2, 0.25) is 0 Å². The van der Waals surface area contributed by atoms with Gasteiger partial charge in [-0.15, -0.1) is 0 Å². The van der Waals surface area contributed by atoms with E-state index < -0.39 is 8.97 Å². The van der Waals surface area contributed by atoms with E-state index in [4.69, 9.17) is 18.7 Å². The number of hydrogen-bond donors (Lipinski definition) is 1. The zero-order chi connectivity index (χ0) is 13.1. The second-order valence-electron chi connectivity index (χ2n) is 4.22. The Morgan fingerprint density at radius 2 is 1.35 bits per heavy atom. The summed E-state index contributed by atoms with van der Waals surface area (Å²) >= 11 is 0. The van der Waals surface area contributed by atoms with Crippen LogP contribution in [0.25, 0.3) is 0 Å². The standard InChI is InChI=1S/C12H29NO3Si/c1-5-9-12(10-6-2)11-16-17(13,14-7-3)15-8-4/h12H,5-11,13H2,1-4H3. The van der Waals surface area contributed by atoms with Crippen LogP contribution < -0.4 is 5.40 Å². The van der Waals surface area contributed by atoms with Gasteiger partial charge in [0.05, 0.1) is 0 Å². The van der Waals surface area contributed by atoms with Crippen molar-refractivity contribution in [3.05, 3.63) is 0 Å². The summed E-state index contributed by atoms with van der Waals surface area (Å²) in [6.07, 6.45) is 4.71. The van der Waals surface area contributed by atoms with Crippen LogP contribution in [0.1, 0.15) is 53.4 Å². The normalized spacial score (nSPS) is 12.4. The first-order chi connectivity index (χ1) is 8.11. The van der Waals surface area contributed by atoms with Gasteiger partial charge < -0.3 is 13.3 Å². The molecule has 5 heteroatoms. The van der Waals surface area contributed by atoms with Gasteiger partial charge in [0.1, 0.15) is 0 Å². The third-order valence-corrected chi connectivity index (χ3v) is 4.56. The molecule has 104 valence electrons. The molecular weight excluding hydrogens is 234 g/mol. The van der Waals surface area contributed by atoms with Crippen molar-refractivity contribution in [1.29, 1.82) is 0 Å². The highest BCUT2D eigenvalue weighted by Gasteiger charge is 2.37. The molecule has 0 aromatic carbocycles. The van der Waals surface area contributed by atoms with Gasteiger partial charge in [0.25, 0.3) is 0 Å². The molecule has 0 fully saturated rings. The Kier molecular flexibility index (Phi) is 10.1. The molecule has 4 nitrogen and oxygen atoms in total. The van der Waals surface area contributed by atoms with E-state index in [0.717, 1.165) is 0 Å². The van der Waals surface area contributed by atoms with E-state index in [0.29, 0.717) is 25.7 Å². The fraction of sp³-hybridized carbons (Fsp3) is 1.00. The molecule has 0 bridgehead atoms. The zero-order valence-electron chi connectivity index (χ0n) is 11.8. The first-order valence-electron chi connectivity index (χ1n) is 6.82. The van der Waals surface area contributed by atoms with Gasteiger partial charge in [-0.2, -0.15) is 0 Å². The summed E-state index contributed by atoms with van der Waals surface area (Å²) in [6.45, 7) is 9.94. The van der Waals surface area contributed by atoms with Gasteiger partial charge in [-0.25, -0.2) is 0 Å². The SMILES string of the molecule is CCCC(CCC)CO[Si](N)(OCC)OCC. The lowest BCUT2D eigenvalue weighted by Gasteiger charge is -2.26. The largest absolute Gasteiger partial charge is 0.594 e. The van der Waals surface area contributed by atoms with Crippen LogP contribution in [0.3, 0.4) is 0 Å². The van der Waals surface area contributed by atoms with Crippen LogP contribution in [0, 0.1) is 5.92 Å². The zero-order valence-corrected chi connectivity index (χ0v) is 12.8. The van der Waals surface area contributed by atoms with E-state index in [-0.39, 0.29) is 0 Å². The maximum absolute atomic E-state index is 6.03. The van der Waals surface area contributed by atoms with Gasteiger partial charge in [-0.1, -0.05) is 26.7 Å². The molecule has 0 heterocycles. The second kappa shape index (κ2) is 10.0. The lowest BCUT2D eigenvalue weighted by atomic mass is 10.00. The van der Waals surface area contributed by atoms with Crippen LogP contribution in [-0.4, -0.2) is 28.8 Å². The molecule has 0 amide bonds. The molecule has 2 N–H and O–H groups in total. The highest BCUT2D eigenvalue weighted by molar-refractivity contribution is 6.56. The topological polar surface area (TPSA) is 53.7 Å². The fourth-order valence-corrected chi connectivity index (χ4v) is 3.41. The third-order valence-electron chi connectivity index (χ3n) is 2.61. The highest BCUT2D eigenvalue weighted by Crippen LogP contribution is 2.16. The molecule has 0 aromatic heterocycles. The Bertz CT molecular complexity index is 169. The third kappa shape index (κ3) is 7.89. The Morgan fingerprint density at radius 3 is 1.71 bits per heavy atom. The maximum Gasteiger partial charge on any atom is 0.594 e. The van der Waals surface area contributed by atoms with E-state index in [9.17, 15) is 0 Å². The first-order valence-corrected chi connectivity index (χ1v) is 8.62. The predicted octanol–water partition coefficient (Wildman–Crippen LogP) is 2.69. The van der Waals surface area contributed by atoms with Crippen molar-refractivity contribution in [2.24, 2.45) is 11.3 Å². The van der Waals surface area contributed by atoms with Crippen LogP contribution in [0.4, 0.5) is 0 Å². The lowest BCUT2D eigenvalue weighted by Crippen LogP contribution is -2.56. The van der Waals surface area contributed by atoms with Crippen LogP contribution in [0.15, 0.2) is 0 Å². The molecule has 0 spiro atoms. The summed E-state index contributed by atoms with van der Waals surface area (Å²) in [7, 11) is -2.87. The summed E-state index contributed by atoms with van der Waals surface area (Å²) in [5.74, 6) is 0.571. The Labute approximate surface area is 107 Å². The quantitative estimate of drug-likeness (QED) is 0.582. The van der Waals surface area contributed by atoms with Crippen molar-refractivity contribution >= 4 is 8.97 Å². The minimum Gasteiger partial charge on any atom is -0.362 e. The van der Waals surface area contributed by atoms with E-state index in [1.165, 1.54) is 25.7 Å². The second-order valence-corrected chi connectivity index (χ2v) is 6.30. The molecule has 0 saturated heterocycles. The molecule has 0 radical (unpaired) electrons. The minimum atomic E-state index is -2.87. The average molecular weight is 263 g/mol. The summed E-state index contributed by atoms with van der Waals surface area (Å²) in [6, 6.07) is 0. The maximum atomic E-state index is 6.03. The first kappa shape index (κ1) is 17.1. The van der Waals surface area contributed by atoms with Crippen molar-refractivity contribution in [3.8, 4) is 0 Å². The highest BCUT2D eigenvalue weighted by atomic mass is 28.4. The van der Waals surface area contributed by atoms with Crippen molar-refractivity contribution in [3.63, 3.8) is 0 Å². The average Bonchev–Trinajstić information content (AvgIpc) is 2.27. The summed E-state index contributed by atoms with van der Waals surface area (Å²) in [4.78, 5) is 0. The fourth-order valence-electron chi connectivity index (χ4n) is 1.89. The van der Waals surface area contributed by atoms with Gasteiger partial charge >= 0.3 is 8.97 Å².